The SMILES string of the molecule is CCCOc1ccc(C(=O)NC(=S)NNC(=O)COc2ccc(C)cc2Br)cc1. The molecule has 0 unspecified atom stereocenters. The summed E-state index contributed by atoms with van der Waals surface area (Å²) in [5, 5.41) is 2.44. The predicted molar refractivity (Wildman–Crippen MR) is 118 cm³/mol. The minimum atomic E-state index is -0.452. The first kappa shape index (κ1) is 22.6. The van der Waals surface area contributed by atoms with Gasteiger partial charge in [-0.2, -0.15) is 0 Å². The monoisotopic (exact) mass is 479 g/mol. The Morgan fingerprint density at radius 3 is 2.45 bits per heavy atom. The van der Waals surface area contributed by atoms with Gasteiger partial charge in [0, 0.05) is 5.56 Å². The summed E-state index contributed by atoms with van der Waals surface area (Å²) >= 11 is 8.39. The number of amides is 2. The molecule has 0 aliphatic rings. The number of carbonyl (C=O) groups excluding carboxylic acids is 2. The summed E-state index contributed by atoms with van der Waals surface area (Å²) in [4.78, 5) is 24.1. The summed E-state index contributed by atoms with van der Waals surface area (Å²) in [6.07, 6.45) is 0.904. The summed E-state index contributed by atoms with van der Waals surface area (Å²) < 4.78 is 11.7. The Kier molecular flexibility index (Phi) is 8.88. The average molecular weight is 480 g/mol. The highest BCUT2D eigenvalue weighted by Gasteiger charge is 2.10. The zero-order chi connectivity index (χ0) is 21.2. The molecule has 0 aliphatic heterocycles. The molecular formula is C20H22BrN3O4S. The number of thiocarbonyl (C=S) groups is 1. The molecule has 0 fully saturated rings. The van der Waals surface area contributed by atoms with Gasteiger partial charge >= 0.3 is 0 Å². The number of nitrogens with one attached hydrogen (secondary N) is 3. The molecule has 7 nitrogen and oxygen atoms in total. The number of carbonyl (C=O) groups is 2. The number of ether oxygens (including phenoxy) is 2. The van der Waals surface area contributed by atoms with Crippen LogP contribution in [-0.4, -0.2) is 30.1 Å². The van der Waals surface area contributed by atoms with Crippen LogP contribution in [0.1, 0.15) is 29.3 Å². The number of hydrogen-bond acceptors (Lipinski definition) is 5. The van der Waals surface area contributed by atoms with Crippen LogP contribution in [0.5, 0.6) is 11.5 Å². The van der Waals surface area contributed by atoms with Crippen molar-refractivity contribution in [2.24, 2.45) is 0 Å². The van der Waals surface area contributed by atoms with E-state index >= 15 is 0 Å². The normalized spacial score (nSPS) is 10.0. The second kappa shape index (κ2) is 11.4. The van der Waals surface area contributed by atoms with Crippen molar-refractivity contribution in [1.82, 2.24) is 16.2 Å². The maximum atomic E-state index is 12.2. The molecule has 0 saturated heterocycles. The number of hydrogen-bond donors (Lipinski definition) is 3. The molecule has 0 heterocycles. The van der Waals surface area contributed by atoms with Gasteiger partial charge in [-0.25, -0.2) is 0 Å². The lowest BCUT2D eigenvalue weighted by atomic mass is 10.2. The molecule has 2 aromatic carbocycles. The lowest BCUT2D eigenvalue weighted by Gasteiger charge is -2.12. The van der Waals surface area contributed by atoms with Crippen LogP contribution in [0, 0.1) is 6.92 Å². The number of hydrazine groups is 1. The largest absolute Gasteiger partial charge is 0.494 e. The van der Waals surface area contributed by atoms with Crippen LogP contribution in [0.25, 0.3) is 0 Å². The molecule has 3 N–H and O–H groups in total. The van der Waals surface area contributed by atoms with E-state index in [4.69, 9.17) is 21.7 Å². The van der Waals surface area contributed by atoms with E-state index in [1.807, 2.05) is 26.0 Å². The summed E-state index contributed by atoms with van der Waals surface area (Å²) in [5.41, 5.74) is 6.32. The Balaban J connectivity index is 1.74. The average Bonchev–Trinajstić information content (AvgIpc) is 2.70. The van der Waals surface area contributed by atoms with E-state index in [1.54, 1.807) is 30.3 Å². The molecule has 0 saturated carbocycles. The van der Waals surface area contributed by atoms with Crippen molar-refractivity contribution >= 4 is 45.1 Å². The Morgan fingerprint density at radius 2 is 1.79 bits per heavy atom. The topological polar surface area (TPSA) is 88.7 Å². The maximum Gasteiger partial charge on any atom is 0.276 e. The highest BCUT2D eigenvalue weighted by molar-refractivity contribution is 9.10. The molecule has 2 aromatic rings. The molecule has 0 aliphatic carbocycles. The fourth-order valence-electron chi connectivity index (χ4n) is 2.16. The van der Waals surface area contributed by atoms with E-state index in [2.05, 4.69) is 32.1 Å². The van der Waals surface area contributed by atoms with Gasteiger partial charge in [-0.05, 0) is 83.5 Å². The molecule has 154 valence electrons. The van der Waals surface area contributed by atoms with Gasteiger partial charge in [-0.1, -0.05) is 13.0 Å². The molecule has 9 heteroatoms. The molecule has 0 bridgehead atoms. The van der Waals surface area contributed by atoms with E-state index < -0.39 is 11.8 Å². The number of halogens is 1. The molecular weight excluding hydrogens is 458 g/mol. The molecule has 0 spiro atoms. The Morgan fingerprint density at radius 1 is 1.07 bits per heavy atom. The van der Waals surface area contributed by atoms with Crippen LogP contribution in [0.2, 0.25) is 0 Å². The number of rotatable bonds is 7. The zero-order valence-electron chi connectivity index (χ0n) is 16.1. The zero-order valence-corrected chi connectivity index (χ0v) is 18.5. The molecule has 0 atom stereocenters. The van der Waals surface area contributed by atoms with E-state index in [1.165, 1.54) is 0 Å². The first-order valence-corrected chi connectivity index (χ1v) is 10.1. The minimum absolute atomic E-state index is 0.0359. The third-order valence-electron chi connectivity index (χ3n) is 3.58. The highest BCUT2D eigenvalue weighted by atomic mass is 79.9. The van der Waals surface area contributed by atoms with Crippen molar-refractivity contribution in [3.05, 3.63) is 58.1 Å². The van der Waals surface area contributed by atoms with E-state index in [-0.39, 0.29) is 11.7 Å². The van der Waals surface area contributed by atoms with Crippen LogP contribution >= 0.6 is 28.1 Å². The van der Waals surface area contributed by atoms with Crippen molar-refractivity contribution in [1.29, 1.82) is 0 Å². The Labute approximate surface area is 183 Å². The van der Waals surface area contributed by atoms with Gasteiger partial charge in [0.1, 0.15) is 11.5 Å². The van der Waals surface area contributed by atoms with E-state index in [0.717, 1.165) is 16.5 Å². The molecule has 2 rings (SSSR count). The predicted octanol–water partition coefficient (Wildman–Crippen LogP) is 3.26. The lowest BCUT2D eigenvalue weighted by molar-refractivity contribution is -0.123. The first-order chi connectivity index (χ1) is 13.9. The Hall–Kier alpha value is -2.65. The summed E-state index contributed by atoms with van der Waals surface area (Å²) in [6.45, 7) is 4.37. The smallest absolute Gasteiger partial charge is 0.276 e. The van der Waals surface area contributed by atoms with Gasteiger partial charge in [-0.15, -0.1) is 0 Å². The van der Waals surface area contributed by atoms with Crippen molar-refractivity contribution < 1.29 is 19.1 Å². The van der Waals surface area contributed by atoms with Gasteiger partial charge in [0.15, 0.2) is 11.7 Å². The van der Waals surface area contributed by atoms with Crippen LogP contribution in [-0.2, 0) is 4.79 Å². The molecule has 0 radical (unpaired) electrons. The fraction of sp³-hybridized carbons (Fsp3) is 0.250. The number of benzene rings is 2. The second-order valence-corrected chi connectivity index (χ2v) is 7.31. The summed E-state index contributed by atoms with van der Waals surface area (Å²) in [7, 11) is 0. The van der Waals surface area contributed by atoms with Crippen molar-refractivity contribution in [3.8, 4) is 11.5 Å². The molecule has 0 aromatic heterocycles. The third-order valence-corrected chi connectivity index (χ3v) is 4.40. The van der Waals surface area contributed by atoms with Gasteiger partial charge in [0.2, 0.25) is 0 Å². The van der Waals surface area contributed by atoms with Crippen LogP contribution < -0.4 is 25.6 Å². The lowest BCUT2D eigenvalue weighted by Crippen LogP contribution is -2.49. The number of aryl methyl sites for hydroxylation is 1. The van der Waals surface area contributed by atoms with E-state index in [0.29, 0.717) is 23.7 Å². The minimum Gasteiger partial charge on any atom is -0.494 e. The van der Waals surface area contributed by atoms with Crippen molar-refractivity contribution in [2.75, 3.05) is 13.2 Å². The Bertz CT molecular complexity index is 875. The molecule has 29 heavy (non-hydrogen) atoms. The van der Waals surface area contributed by atoms with Gasteiger partial charge in [-0.3, -0.25) is 25.8 Å². The van der Waals surface area contributed by atoms with Gasteiger partial charge in [0.25, 0.3) is 11.8 Å². The van der Waals surface area contributed by atoms with Crippen LogP contribution in [0.4, 0.5) is 0 Å². The fourth-order valence-corrected chi connectivity index (χ4v) is 2.91. The van der Waals surface area contributed by atoms with Crippen LogP contribution in [0.15, 0.2) is 46.9 Å². The van der Waals surface area contributed by atoms with Crippen molar-refractivity contribution in [3.63, 3.8) is 0 Å². The highest BCUT2D eigenvalue weighted by Crippen LogP contribution is 2.25. The second-order valence-electron chi connectivity index (χ2n) is 6.05. The summed E-state index contributed by atoms with van der Waals surface area (Å²) in [6, 6.07) is 12.2. The van der Waals surface area contributed by atoms with Crippen LogP contribution in [0.3, 0.4) is 0 Å². The van der Waals surface area contributed by atoms with Gasteiger partial charge in [0.05, 0.1) is 11.1 Å². The standard InChI is InChI=1S/C20H22BrN3O4S/c1-3-10-27-15-7-5-14(6-8-15)19(26)22-20(29)24-23-18(25)12-28-17-9-4-13(2)11-16(17)21/h4-9,11H,3,10,12H2,1-2H3,(H,23,25)(H2,22,24,26,29). The van der Waals surface area contributed by atoms with E-state index in [9.17, 15) is 9.59 Å². The summed E-state index contributed by atoms with van der Waals surface area (Å²) in [5.74, 6) is 0.384. The van der Waals surface area contributed by atoms with Crippen molar-refractivity contribution in [2.45, 2.75) is 20.3 Å². The molecule has 2 amide bonds. The van der Waals surface area contributed by atoms with Gasteiger partial charge < -0.3 is 9.47 Å². The maximum absolute atomic E-state index is 12.2. The first-order valence-electron chi connectivity index (χ1n) is 8.91. The quantitative estimate of drug-likeness (QED) is 0.417. The third kappa shape index (κ3) is 7.71.